The first-order valence-electron chi connectivity index (χ1n) is 8.58. The Morgan fingerprint density at radius 1 is 0.852 bits per heavy atom. The van der Waals surface area contributed by atoms with Crippen LogP contribution in [-0.4, -0.2) is 19.1 Å². The van der Waals surface area contributed by atoms with Crippen LogP contribution in [-0.2, 0) is 13.1 Å². The van der Waals surface area contributed by atoms with E-state index in [-0.39, 0.29) is 12.4 Å². The van der Waals surface area contributed by atoms with Crippen LogP contribution in [0, 0.1) is 11.3 Å². The molecule has 0 atom stereocenters. The molecule has 27 heavy (non-hydrogen) atoms. The van der Waals surface area contributed by atoms with E-state index in [0.29, 0.717) is 24.5 Å². The molecule has 138 valence electrons. The number of hydrogen-bond donors (Lipinski definition) is 0. The zero-order valence-corrected chi connectivity index (χ0v) is 16.4. The summed E-state index contributed by atoms with van der Waals surface area (Å²) >= 11 is 0. The van der Waals surface area contributed by atoms with Gasteiger partial charge in [-0.3, -0.25) is 0 Å². The average Bonchev–Trinajstić information content (AvgIpc) is 2.68. The Morgan fingerprint density at radius 3 is 1.81 bits per heavy atom. The number of aromatic nitrogens is 1. The normalized spacial score (nSPS) is 9.81. The minimum Gasteiger partial charge on any atom is -0.376 e. The summed E-state index contributed by atoms with van der Waals surface area (Å²) in [5.41, 5.74) is 3.85. The molecule has 3 aromatic rings. The standard InChI is InChI=1S/C22H22N4.ClH/c1-25(2)21-13-14-24-22(20(21)15-23)26(16-18-9-5-3-6-10-18)17-19-11-7-4-8-12-19;/h3-14H,16-17H2,1-2H3;1H. The SMILES string of the molecule is CN(C)c1ccnc(N(Cc2ccccc2)Cc2ccccc2)c1C#N.Cl. The molecule has 2 aromatic carbocycles. The fraction of sp³-hybridized carbons (Fsp3) is 0.182. The molecule has 0 radical (unpaired) electrons. The van der Waals surface area contributed by atoms with Crippen LogP contribution in [0.4, 0.5) is 11.5 Å². The Hall–Kier alpha value is -3.03. The monoisotopic (exact) mass is 378 g/mol. The molecular formula is C22H23ClN4. The fourth-order valence-electron chi connectivity index (χ4n) is 2.97. The second-order valence-electron chi connectivity index (χ2n) is 6.36. The highest BCUT2D eigenvalue weighted by molar-refractivity contribution is 5.85. The third kappa shape index (κ3) is 4.99. The van der Waals surface area contributed by atoms with E-state index in [2.05, 4.69) is 40.2 Å². The highest BCUT2D eigenvalue weighted by atomic mass is 35.5. The Bertz CT molecular complexity index is 848. The molecule has 0 unspecified atom stereocenters. The summed E-state index contributed by atoms with van der Waals surface area (Å²) in [7, 11) is 3.89. The van der Waals surface area contributed by atoms with Crippen LogP contribution in [0.25, 0.3) is 0 Å². The van der Waals surface area contributed by atoms with E-state index in [9.17, 15) is 5.26 Å². The van der Waals surface area contributed by atoms with Gasteiger partial charge in [0, 0.05) is 33.4 Å². The number of benzene rings is 2. The number of nitrogens with zero attached hydrogens (tertiary/aromatic N) is 4. The predicted molar refractivity (Wildman–Crippen MR) is 113 cm³/mol. The minimum absolute atomic E-state index is 0. The van der Waals surface area contributed by atoms with E-state index in [1.165, 1.54) is 11.1 Å². The van der Waals surface area contributed by atoms with Gasteiger partial charge in [-0.05, 0) is 17.2 Å². The Labute approximate surface area is 167 Å². The van der Waals surface area contributed by atoms with Gasteiger partial charge in [0.15, 0.2) is 0 Å². The molecule has 1 aromatic heterocycles. The number of anilines is 2. The summed E-state index contributed by atoms with van der Waals surface area (Å²) in [6.07, 6.45) is 1.77. The predicted octanol–water partition coefficient (Wildman–Crippen LogP) is 4.65. The third-order valence-corrected chi connectivity index (χ3v) is 4.23. The number of hydrogen-bond acceptors (Lipinski definition) is 4. The molecule has 0 fully saturated rings. The molecule has 0 aliphatic rings. The van der Waals surface area contributed by atoms with Crippen molar-refractivity contribution in [3.05, 3.63) is 89.6 Å². The summed E-state index contributed by atoms with van der Waals surface area (Å²) in [4.78, 5) is 8.68. The van der Waals surface area contributed by atoms with Crippen LogP contribution in [0.15, 0.2) is 72.9 Å². The van der Waals surface area contributed by atoms with E-state index in [1.54, 1.807) is 6.20 Å². The molecule has 0 aliphatic heterocycles. The molecule has 3 rings (SSSR count). The van der Waals surface area contributed by atoms with Crippen molar-refractivity contribution in [2.24, 2.45) is 0 Å². The van der Waals surface area contributed by atoms with Gasteiger partial charge in [-0.15, -0.1) is 12.4 Å². The van der Waals surface area contributed by atoms with E-state index in [0.717, 1.165) is 5.69 Å². The van der Waals surface area contributed by atoms with Crippen LogP contribution < -0.4 is 9.80 Å². The van der Waals surface area contributed by atoms with E-state index < -0.39 is 0 Å². The molecule has 0 bridgehead atoms. The van der Waals surface area contributed by atoms with Gasteiger partial charge in [-0.2, -0.15) is 5.26 Å². The number of nitriles is 1. The zero-order chi connectivity index (χ0) is 18.4. The lowest BCUT2D eigenvalue weighted by Gasteiger charge is -2.27. The first-order chi connectivity index (χ1) is 12.7. The highest BCUT2D eigenvalue weighted by Gasteiger charge is 2.18. The lowest BCUT2D eigenvalue weighted by atomic mass is 10.1. The van der Waals surface area contributed by atoms with Gasteiger partial charge in [0.1, 0.15) is 17.5 Å². The van der Waals surface area contributed by atoms with Crippen LogP contribution in [0.5, 0.6) is 0 Å². The first kappa shape index (κ1) is 20.3. The van der Waals surface area contributed by atoms with E-state index in [4.69, 9.17) is 0 Å². The summed E-state index contributed by atoms with van der Waals surface area (Å²) in [5.74, 6) is 0.714. The second-order valence-corrected chi connectivity index (χ2v) is 6.36. The van der Waals surface area contributed by atoms with Crippen LogP contribution in [0.1, 0.15) is 16.7 Å². The van der Waals surface area contributed by atoms with Gasteiger partial charge in [0.05, 0.1) is 5.69 Å². The summed E-state index contributed by atoms with van der Waals surface area (Å²) in [6, 6.07) is 24.8. The summed E-state index contributed by atoms with van der Waals surface area (Å²) in [6.45, 7) is 1.38. The molecular weight excluding hydrogens is 356 g/mol. The lowest BCUT2D eigenvalue weighted by molar-refractivity contribution is 0.781. The van der Waals surface area contributed by atoms with Gasteiger partial charge in [0.25, 0.3) is 0 Å². The van der Waals surface area contributed by atoms with Crippen LogP contribution in [0.3, 0.4) is 0 Å². The van der Waals surface area contributed by atoms with Gasteiger partial charge >= 0.3 is 0 Å². The highest BCUT2D eigenvalue weighted by Crippen LogP contribution is 2.28. The van der Waals surface area contributed by atoms with Crippen molar-refractivity contribution in [3.8, 4) is 6.07 Å². The average molecular weight is 379 g/mol. The van der Waals surface area contributed by atoms with E-state index in [1.807, 2.05) is 61.5 Å². The molecule has 0 N–H and O–H groups in total. The number of rotatable bonds is 6. The van der Waals surface area contributed by atoms with Crippen molar-refractivity contribution >= 4 is 23.9 Å². The smallest absolute Gasteiger partial charge is 0.149 e. The van der Waals surface area contributed by atoms with Crippen molar-refractivity contribution in [2.45, 2.75) is 13.1 Å². The maximum atomic E-state index is 9.79. The number of halogens is 1. The Kier molecular flexibility index (Phi) is 7.22. The first-order valence-corrected chi connectivity index (χ1v) is 8.58. The molecule has 0 amide bonds. The molecule has 4 nitrogen and oxygen atoms in total. The lowest BCUT2D eigenvalue weighted by Crippen LogP contribution is -2.25. The quantitative estimate of drug-likeness (QED) is 0.626. The third-order valence-electron chi connectivity index (χ3n) is 4.23. The van der Waals surface area contributed by atoms with Crippen molar-refractivity contribution in [1.82, 2.24) is 4.98 Å². The molecule has 5 heteroatoms. The summed E-state index contributed by atoms with van der Waals surface area (Å²) < 4.78 is 0. The molecule has 0 spiro atoms. The second kappa shape index (κ2) is 9.61. The van der Waals surface area contributed by atoms with Gasteiger partial charge in [0.2, 0.25) is 0 Å². The maximum absolute atomic E-state index is 9.79. The van der Waals surface area contributed by atoms with Crippen LogP contribution >= 0.6 is 12.4 Å². The fourth-order valence-corrected chi connectivity index (χ4v) is 2.97. The molecule has 0 saturated carbocycles. The van der Waals surface area contributed by atoms with Crippen molar-refractivity contribution in [3.63, 3.8) is 0 Å². The maximum Gasteiger partial charge on any atom is 0.149 e. The molecule has 1 heterocycles. The van der Waals surface area contributed by atoms with Crippen LogP contribution in [0.2, 0.25) is 0 Å². The minimum atomic E-state index is 0. The van der Waals surface area contributed by atoms with Gasteiger partial charge in [-0.1, -0.05) is 60.7 Å². The molecule has 0 saturated heterocycles. The van der Waals surface area contributed by atoms with Gasteiger partial charge in [-0.25, -0.2) is 4.98 Å². The Morgan fingerprint density at radius 2 is 1.37 bits per heavy atom. The largest absolute Gasteiger partial charge is 0.376 e. The number of pyridine rings is 1. The summed E-state index contributed by atoms with van der Waals surface area (Å²) in [5, 5.41) is 9.79. The topological polar surface area (TPSA) is 43.2 Å². The van der Waals surface area contributed by atoms with Crippen molar-refractivity contribution in [1.29, 1.82) is 5.26 Å². The zero-order valence-electron chi connectivity index (χ0n) is 15.5. The van der Waals surface area contributed by atoms with Crippen molar-refractivity contribution < 1.29 is 0 Å². The Balaban J connectivity index is 0.00000261. The van der Waals surface area contributed by atoms with Gasteiger partial charge < -0.3 is 9.80 Å². The molecule has 0 aliphatic carbocycles. The van der Waals surface area contributed by atoms with E-state index >= 15 is 0 Å². The van der Waals surface area contributed by atoms with Crippen molar-refractivity contribution in [2.75, 3.05) is 23.9 Å².